The van der Waals surface area contributed by atoms with Crippen molar-refractivity contribution in [3.8, 4) is 22.5 Å². The summed E-state index contributed by atoms with van der Waals surface area (Å²) in [5, 5.41) is 9.17. The Morgan fingerprint density at radius 1 is 0.975 bits per heavy atom. The third kappa shape index (κ3) is 5.29. The normalized spacial score (nSPS) is 12.7. The van der Waals surface area contributed by atoms with Gasteiger partial charge in [-0.3, -0.25) is 0 Å². The first kappa shape index (κ1) is 27.7. The minimum Gasteiger partial charge on any atom is -0.301 e. The Labute approximate surface area is 236 Å². The summed E-state index contributed by atoms with van der Waals surface area (Å²) < 4.78 is 55.4. The van der Waals surface area contributed by atoms with Gasteiger partial charge >= 0.3 is 0 Å². The standard InChI is InChI=1S/C29H26ClF2N5O2S/c1-4-40(38,39)24-7-5-6-21(14-24)22-10-13-26(36-17-25(29(31)32)34-19(36)3)27(15-22)37-28(16-33-35-37)18(2)20-8-11-23(30)12-9-20/h5-18,29H,4H2,1-3H3. The Morgan fingerprint density at radius 3 is 2.38 bits per heavy atom. The highest BCUT2D eigenvalue weighted by molar-refractivity contribution is 7.91. The molecular weight excluding hydrogens is 556 g/mol. The molecule has 206 valence electrons. The number of alkyl halides is 2. The lowest BCUT2D eigenvalue weighted by Crippen LogP contribution is -2.11. The van der Waals surface area contributed by atoms with E-state index in [1.54, 1.807) is 53.6 Å². The maximum atomic E-state index is 13.5. The minimum absolute atomic E-state index is 0.0160. The summed E-state index contributed by atoms with van der Waals surface area (Å²) in [5.41, 5.74) is 3.95. The van der Waals surface area contributed by atoms with Gasteiger partial charge in [0.2, 0.25) is 0 Å². The van der Waals surface area contributed by atoms with Crippen LogP contribution in [0.4, 0.5) is 8.78 Å². The molecule has 0 saturated heterocycles. The Morgan fingerprint density at radius 2 is 1.70 bits per heavy atom. The fraction of sp³-hybridized carbons (Fsp3) is 0.207. The maximum absolute atomic E-state index is 13.5. The molecule has 5 rings (SSSR count). The van der Waals surface area contributed by atoms with Gasteiger partial charge in [0, 0.05) is 17.1 Å². The number of hydrogen-bond acceptors (Lipinski definition) is 5. The molecule has 40 heavy (non-hydrogen) atoms. The zero-order valence-corrected chi connectivity index (χ0v) is 23.5. The highest BCUT2D eigenvalue weighted by Crippen LogP contribution is 2.33. The monoisotopic (exact) mass is 581 g/mol. The van der Waals surface area contributed by atoms with Crippen molar-refractivity contribution >= 4 is 21.4 Å². The second kappa shape index (κ2) is 10.9. The van der Waals surface area contributed by atoms with Crippen molar-refractivity contribution in [3.63, 3.8) is 0 Å². The molecule has 0 spiro atoms. The molecule has 1 atom stereocenters. The van der Waals surface area contributed by atoms with Crippen molar-refractivity contribution in [2.24, 2.45) is 0 Å². The quantitative estimate of drug-likeness (QED) is 0.198. The van der Waals surface area contributed by atoms with Gasteiger partial charge in [0.05, 0.1) is 33.9 Å². The van der Waals surface area contributed by atoms with E-state index in [4.69, 9.17) is 11.6 Å². The van der Waals surface area contributed by atoms with Gasteiger partial charge in [0.15, 0.2) is 9.84 Å². The maximum Gasteiger partial charge on any atom is 0.281 e. The first-order chi connectivity index (χ1) is 19.1. The van der Waals surface area contributed by atoms with E-state index in [1.807, 2.05) is 49.4 Å². The van der Waals surface area contributed by atoms with Crippen LogP contribution in [-0.4, -0.2) is 38.7 Å². The summed E-state index contributed by atoms with van der Waals surface area (Å²) in [4.78, 5) is 4.26. The molecule has 0 aliphatic rings. The molecule has 0 saturated carbocycles. The van der Waals surface area contributed by atoms with Crippen molar-refractivity contribution in [1.82, 2.24) is 24.5 Å². The van der Waals surface area contributed by atoms with E-state index in [2.05, 4.69) is 15.3 Å². The fourth-order valence-corrected chi connectivity index (χ4v) is 5.66. The number of aromatic nitrogens is 5. The highest BCUT2D eigenvalue weighted by Gasteiger charge is 2.22. The largest absolute Gasteiger partial charge is 0.301 e. The summed E-state index contributed by atoms with van der Waals surface area (Å²) in [6.45, 7) is 5.27. The second-order valence-corrected chi connectivity index (χ2v) is 12.1. The third-order valence-corrected chi connectivity index (χ3v) is 8.87. The molecule has 0 bridgehead atoms. The van der Waals surface area contributed by atoms with Crippen molar-refractivity contribution < 1.29 is 17.2 Å². The summed E-state index contributed by atoms with van der Waals surface area (Å²) in [6, 6.07) is 19.7. The third-order valence-electron chi connectivity index (χ3n) is 6.88. The average molecular weight is 582 g/mol. The predicted molar refractivity (Wildman–Crippen MR) is 150 cm³/mol. The Bertz CT molecular complexity index is 1780. The Balaban J connectivity index is 1.70. The van der Waals surface area contributed by atoms with Crippen LogP contribution in [0.5, 0.6) is 0 Å². The molecule has 0 amide bonds. The van der Waals surface area contributed by atoms with Gasteiger partial charge in [-0.2, -0.15) is 0 Å². The highest BCUT2D eigenvalue weighted by atomic mass is 35.5. The first-order valence-electron chi connectivity index (χ1n) is 12.6. The van der Waals surface area contributed by atoms with Gasteiger partial charge in [0.1, 0.15) is 11.5 Å². The molecule has 5 aromatic rings. The number of sulfone groups is 1. The molecule has 3 aromatic carbocycles. The molecule has 0 N–H and O–H groups in total. The van der Waals surface area contributed by atoms with Crippen molar-refractivity contribution in [3.05, 3.63) is 107 Å². The van der Waals surface area contributed by atoms with E-state index >= 15 is 0 Å². The van der Waals surface area contributed by atoms with Crippen LogP contribution in [-0.2, 0) is 9.84 Å². The van der Waals surface area contributed by atoms with Crippen LogP contribution >= 0.6 is 11.6 Å². The number of nitrogens with zero attached hydrogens (tertiary/aromatic N) is 5. The van der Waals surface area contributed by atoms with Crippen LogP contribution in [0.1, 0.15) is 49.0 Å². The molecule has 0 aliphatic heterocycles. The molecule has 0 fully saturated rings. The van der Waals surface area contributed by atoms with E-state index in [1.165, 1.54) is 6.20 Å². The SMILES string of the molecule is CCS(=O)(=O)c1cccc(-c2ccc(-n3cc(C(F)F)nc3C)c(-n3nncc3C(C)c3ccc(Cl)cc3)c2)c1. The zero-order valence-electron chi connectivity index (χ0n) is 22.0. The lowest BCUT2D eigenvalue weighted by molar-refractivity contribution is 0.146. The minimum atomic E-state index is -3.42. The smallest absolute Gasteiger partial charge is 0.281 e. The summed E-state index contributed by atoms with van der Waals surface area (Å²) in [6.07, 6.45) is 0.250. The zero-order chi connectivity index (χ0) is 28.6. The van der Waals surface area contributed by atoms with Gasteiger partial charge in [-0.1, -0.05) is 61.0 Å². The molecular formula is C29H26ClF2N5O2S. The number of hydrogen-bond donors (Lipinski definition) is 0. The summed E-state index contributed by atoms with van der Waals surface area (Å²) in [7, 11) is -3.42. The Hall–Kier alpha value is -3.89. The summed E-state index contributed by atoms with van der Waals surface area (Å²) >= 11 is 6.09. The van der Waals surface area contributed by atoms with Gasteiger partial charge in [-0.05, 0) is 60.0 Å². The molecule has 2 heterocycles. The molecule has 0 aliphatic carbocycles. The van der Waals surface area contributed by atoms with Crippen LogP contribution in [0.25, 0.3) is 22.5 Å². The molecule has 7 nitrogen and oxygen atoms in total. The van der Waals surface area contributed by atoms with E-state index in [-0.39, 0.29) is 22.3 Å². The van der Waals surface area contributed by atoms with Crippen molar-refractivity contribution in [2.75, 3.05) is 5.75 Å². The molecule has 2 aromatic heterocycles. The number of aryl methyl sites for hydroxylation is 1. The lowest BCUT2D eigenvalue weighted by Gasteiger charge is -2.18. The van der Waals surface area contributed by atoms with Crippen molar-refractivity contribution in [2.45, 2.75) is 38.0 Å². The van der Waals surface area contributed by atoms with Gasteiger partial charge in [-0.15, -0.1) is 5.10 Å². The van der Waals surface area contributed by atoms with E-state index < -0.39 is 16.3 Å². The summed E-state index contributed by atoms with van der Waals surface area (Å²) in [5.74, 6) is 0.229. The number of rotatable bonds is 8. The second-order valence-electron chi connectivity index (χ2n) is 9.36. The number of halogens is 3. The van der Waals surface area contributed by atoms with Gasteiger partial charge < -0.3 is 4.57 Å². The van der Waals surface area contributed by atoms with Crippen LogP contribution in [0.2, 0.25) is 5.02 Å². The molecule has 11 heteroatoms. The lowest BCUT2D eigenvalue weighted by atomic mass is 9.98. The number of benzene rings is 3. The fourth-order valence-electron chi connectivity index (χ4n) is 4.60. The molecule has 0 radical (unpaired) electrons. The van der Waals surface area contributed by atoms with E-state index in [0.29, 0.717) is 27.8 Å². The van der Waals surface area contributed by atoms with Crippen molar-refractivity contribution in [1.29, 1.82) is 0 Å². The van der Waals surface area contributed by atoms with E-state index in [0.717, 1.165) is 16.8 Å². The van der Waals surface area contributed by atoms with E-state index in [9.17, 15) is 17.2 Å². The van der Waals surface area contributed by atoms with Gasteiger partial charge in [-0.25, -0.2) is 26.9 Å². The number of imidazole rings is 1. The Kier molecular flexibility index (Phi) is 7.57. The first-order valence-corrected chi connectivity index (χ1v) is 14.6. The predicted octanol–water partition coefficient (Wildman–Crippen LogP) is 6.96. The van der Waals surface area contributed by atoms with Crippen LogP contribution in [0.15, 0.2) is 84.0 Å². The van der Waals surface area contributed by atoms with Crippen LogP contribution in [0, 0.1) is 6.92 Å². The van der Waals surface area contributed by atoms with Crippen LogP contribution < -0.4 is 0 Å². The van der Waals surface area contributed by atoms with Crippen LogP contribution in [0.3, 0.4) is 0 Å². The topological polar surface area (TPSA) is 82.7 Å². The molecule has 1 unspecified atom stereocenters. The van der Waals surface area contributed by atoms with Gasteiger partial charge in [0.25, 0.3) is 6.43 Å². The average Bonchev–Trinajstić information content (AvgIpc) is 3.60.